The number of amides is 2. The number of hydrogen-bond acceptors (Lipinski definition) is 5. The summed E-state index contributed by atoms with van der Waals surface area (Å²) < 4.78 is 27.1. The van der Waals surface area contributed by atoms with Crippen LogP contribution in [-0.2, 0) is 10.0 Å². The molecule has 3 rings (SSSR count). The quantitative estimate of drug-likeness (QED) is 0.669. The van der Waals surface area contributed by atoms with Crippen LogP contribution in [0.4, 0.5) is 0 Å². The Bertz CT molecular complexity index is 920. The SMILES string of the molecule is O=C(NCCNC(=O)c1sccc1S(=O)(=O)N1CCCCC1)c1ccccc1. The first-order chi connectivity index (χ1) is 13.5. The van der Waals surface area contributed by atoms with Gasteiger partial charge in [0.05, 0.1) is 0 Å². The maximum absolute atomic E-state index is 12.8. The Hall–Kier alpha value is -2.23. The van der Waals surface area contributed by atoms with Crippen LogP contribution in [0.3, 0.4) is 0 Å². The van der Waals surface area contributed by atoms with Gasteiger partial charge in [0.25, 0.3) is 11.8 Å². The lowest BCUT2D eigenvalue weighted by atomic mass is 10.2. The fourth-order valence-corrected chi connectivity index (χ4v) is 5.87. The molecular weight excluding hydrogens is 398 g/mol. The number of hydrogen-bond donors (Lipinski definition) is 2. The van der Waals surface area contributed by atoms with Crippen LogP contribution >= 0.6 is 11.3 Å². The Morgan fingerprint density at radius 3 is 2.25 bits per heavy atom. The molecule has 28 heavy (non-hydrogen) atoms. The molecule has 0 bridgehead atoms. The molecule has 1 aliphatic heterocycles. The van der Waals surface area contributed by atoms with Crippen molar-refractivity contribution < 1.29 is 18.0 Å². The molecular formula is C19H23N3O4S2. The van der Waals surface area contributed by atoms with E-state index in [-0.39, 0.29) is 28.8 Å². The van der Waals surface area contributed by atoms with Gasteiger partial charge in [-0.2, -0.15) is 4.31 Å². The fraction of sp³-hybridized carbons (Fsp3) is 0.368. The predicted molar refractivity (Wildman–Crippen MR) is 108 cm³/mol. The number of rotatable bonds is 7. The van der Waals surface area contributed by atoms with Crippen LogP contribution in [-0.4, -0.2) is 50.7 Å². The summed E-state index contributed by atoms with van der Waals surface area (Å²) in [6.45, 7) is 1.44. The van der Waals surface area contributed by atoms with E-state index in [0.29, 0.717) is 18.7 Å². The summed E-state index contributed by atoms with van der Waals surface area (Å²) in [5.41, 5.74) is 0.544. The first kappa shape index (κ1) is 20.5. The molecule has 1 aliphatic rings. The number of nitrogens with zero attached hydrogens (tertiary/aromatic N) is 1. The first-order valence-electron chi connectivity index (χ1n) is 9.19. The number of sulfonamides is 1. The van der Waals surface area contributed by atoms with Crippen molar-refractivity contribution in [2.45, 2.75) is 24.2 Å². The molecule has 0 radical (unpaired) electrons. The van der Waals surface area contributed by atoms with E-state index < -0.39 is 15.9 Å². The van der Waals surface area contributed by atoms with E-state index in [1.54, 1.807) is 29.6 Å². The van der Waals surface area contributed by atoms with Gasteiger partial charge in [-0.25, -0.2) is 8.42 Å². The van der Waals surface area contributed by atoms with Crippen molar-refractivity contribution in [3.63, 3.8) is 0 Å². The van der Waals surface area contributed by atoms with Crippen molar-refractivity contribution in [3.8, 4) is 0 Å². The van der Waals surface area contributed by atoms with E-state index in [1.807, 2.05) is 6.07 Å². The molecule has 0 saturated carbocycles. The average Bonchev–Trinajstić information content (AvgIpc) is 3.23. The summed E-state index contributed by atoms with van der Waals surface area (Å²) >= 11 is 1.10. The van der Waals surface area contributed by atoms with E-state index in [2.05, 4.69) is 10.6 Å². The van der Waals surface area contributed by atoms with Crippen molar-refractivity contribution in [3.05, 3.63) is 52.2 Å². The number of carbonyl (C=O) groups is 2. The molecule has 1 fully saturated rings. The maximum atomic E-state index is 12.8. The predicted octanol–water partition coefficient (Wildman–Crippen LogP) is 2.08. The molecule has 0 aliphatic carbocycles. The third-order valence-electron chi connectivity index (χ3n) is 4.50. The molecule has 9 heteroatoms. The highest BCUT2D eigenvalue weighted by atomic mass is 32.2. The second-order valence-corrected chi connectivity index (χ2v) is 9.28. The van der Waals surface area contributed by atoms with Crippen molar-refractivity contribution in [2.75, 3.05) is 26.2 Å². The molecule has 1 saturated heterocycles. The minimum absolute atomic E-state index is 0.0604. The van der Waals surface area contributed by atoms with Gasteiger partial charge in [0.1, 0.15) is 9.77 Å². The second-order valence-electron chi connectivity index (χ2n) is 6.46. The molecule has 0 atom stereocenters. The highest BCUT2D eigenvalue weighted by Gasteiger charge is 2.30. The van der Waals surface area contributed by atoms with Crippen LogP contribution in [0.5, 0.6) is 0 Å². The molecule has 150 valence electrons. The molecule has 0 spiro atoms. The van der Waals surface area contributed by atoms with E-state index in [9.17, 15) is 18.0 Å². The molecule has 1 aromatic carbocycles. The summed E-state index contributed by atoms with van der Waals surface area (Å²) in [6.07, 6.45) is 2.70. The monoisotopic (exact) mass is 421 g/mol. The van der Waals surface area contributed by atoms with Gasteiger partial charge in [0.2, 0.25) is 10.0 Å². The van der Waals surface area contributed by atoms with Crippen LogP contribution in [0.1, 0.15) is 39.3 Å². The maximum Gasteiger partial charge on any atom is 0.262 e. The van der Waals surface area contributed by atoms with Gasteiger partial charge < -0.3 is 10.6 Å². The van der Waals surface area contributed by atoms with Crippen molar-refractivity contribution >= 4 is 33.2 Å². The average molecular weight is 422 g/mol. The normalized spacial score (nSPS) is 15.1. The summed E-state index contributed by atoms with van der Waals surface area (Å²) in [5.74, 6) is -0.668. The van der Waals surface area contributed by atoms with E-state index in [4.69, 9.17) is 0 Å². The molecule has 2 amide bonds. The Morgan fingerprint density at radius 2 is 1.57 bits per heavy atom. The summed E-state index contributed by atoms with van der Waals surface area (Å²) in [6, 6.07) is 10.3. The lowest BCUT2D eigenvalue weighted by molar-refractivity contribution is 0.0928. The minimum Gasteiger partial charge on any atom is -0.350 e. The van der Waals surface area contributed by atoms with Crippen molar-refractivity contribution in [1.82, 2.24) is 14.9 Å². The van der Waals surface area contributed by atoms with E-state index in [0.717, 1.165) is 30.6 Å². The molecule has 0 unspecified atom stereocenters. The van der Waals surface area contributed by atoms with Crippen LogP contribution in [0, 0.1) is 0 Å². The van der Waals surface area contributed by atoms with E-state index >= 15 is 0 Å². The van der Waals surface area contributed by atoms with Gasteiger partial charge in [-0.05, 0) is 36.4 Å². The zero-order chi connectivity index (χ0) is 20.0. The van der Waals surface area contributed by atoms with Crippen LogP contribution < -0.4 is 10.6 Å². The lowest BCUT2D eigenvalue weighted by Gasteiger charge is -2.25. The fourth-order valence-electron chi connectivity index (χ4n) is 3.03. The first-order valence-corrected chi connectivity index (χ1v) is 11.5. The number of piperidine rings is 1. The zero-order valence-corrected chi connectivity index (χ0v) is 17.0. The summed E-state index contributed by atoms with van der Waals surface area (Å²) in [5, 5.41) is 7.01. The van der Waals surface area contributed by atoms with Gasteiger partial charge in [-0.15, -0.1) is 11.3 Å². The molecule has 2 heterocycles. The summed E-state index contributed by atoms with van der Waals surface area (Å²) in [7, 11) is -3.66. The number of benzene rings is 1. The Morgan fingerprint density at radius 1 is 0.929 bits per heavy atom. The smallest absolute Gasteiger partial charge is 0.262 e. The van der Waals surface area contributed by atoms with Crippen LogP contribution in [0.15, 0.2) is 46.7 Å². The van der Waals surface area contributed by atoms with Gasteiger partial charge in [-0.1, -0.05) is 24.6 Å². The Kier molecular flexibility index (Phi) is 6.82. The van der Waals surface area contributed by atoms with Crippen LogP contribution in [0.25, 0.3) is 0 Å². The number of thiophene rings is 1. The Balaban J connectivity index is 1.55. The van der Waals surface area contributed by atoms with Crippen LogP contribution in [0.2, 0.25) is 0 Å². The highest BCUT2D eigenvalue weighted by Crippen LogP contribution is 2.27. The topological polar surface area (TPSA) is 95.6 Å². The van der Waals surface area contributed by atoms with Crippen molar-refractivity contribution in [1.29, 1.82) is 0 Å². The van der Waals surface area contributed by atoms with Gasteiger partial charge in [0.15, 0.2) is 0 Å². The summed E-state index contributed by atoms with van der Waals surface area (Å²) in [4.78, 5) is 24.7. The van der Waals surface area contributed by atoms with E-state index in [1.165, 1.54) is 10.4 Å². The number of carbonyl (C=O) groups excluding carboxylic acids is 2. The highest BCUT2D eigenvalue weighted by molar-refractivity contribution is 7.89. The molecule has 2 aromatic rings. The van der Waals surface area contributed by atoms with Gasteiger partial charge >= 0.3 is 0 Å². The molecule has 1 aromatic heterocycles. The standard InChI is InChI=1S/C19H23N3O4S2/c23-18(15-7-3-1-4-8-15)20-10-11-21-19(24)17-16(9-14-27-17)28(25,26)22-12-5-2-6-13-22/h1,3-4,7-9,14H,2,5-6,10-13H2,(H,20,23)(H,21,24). The van der Waals surface area contributed by atoms with Crippen molar-refractivity contribution in [2.24, 2.45) is 0 Å². The second kappa shape index (κ2) is 9.31. The van der Waals surface area contributed by atoms with Gasteiger partial charge in [-0.3, -0.25) is 9.59 Å². The Labute approximate surface area is 168 Å². The lowest BCUT2D eigenvalue weighted by Crippen LogP contribution is -2.37. The number of nitrogens with one attached hydrogen (secondary N) is 2. The third-order valence-corrected chi connectivity index (χ3v) is 7.48. The third kappa shape index (κ3) is 4.78. The molecule has 7 nitrogen and oxygen atoms in total. The minimum atomic E-state index is -3.66. The largest absolute Gasteiger partial charge is 0.350 e. The van der Waals surface area contributed by atoms with Gasteiger partial charge in [0, 0.05) is 31.7 Å². The molecule has 2 N–H and O–H groups in total. The zero-order valence-electron chi connectivity index (χ0n) is 15.4.